The molecule has 0 atom stereocenters. The van der Waals surface area contributed by atoms with Crippen LogP contribution < -0.4 is 9.46 Å². The average molecular weight is 515 g/mol. The van der Waals surface area contributed by atoms with Gasteiger partial charge in [0.1, 0.15) is 10.8 Å². The van der Waals surface area contributed by atoms with Crippen LogP contribution in [0.2, 0.25) is 0 Å². The van der Waals surface area contributed by atoms with E-state index in [1.54, 1.807) is 6.92 Å². The van der Waals surface area contributed by atoms with E-state index in [9.17, 15) is 31.5 Å². The molecule has 12 heteroatoms. The molecule has 1 heterocycles. The molecule has 3 aromatic rings. The van der Waals surface area contributed by atoms with Crippen molar-refractivity contribution in [2.24, 2.45) is 0 Å². The van der Waals surface area contributed by atoms with Crippen molar-refractivity contribution in [3.05, 3.63) is 64.2 Å². The summed E-state index contributed by atoms with van der Waals surface area (Å²) in [6.45, 7) is 3.63. The number of nitrogens with one attached hydrogen (secondary N) is 1. The molecular formula is C22H21F3N2O5S2. The minimum atomic E-state index is -4.77. The fraction of sp³-hybridized carbons (Fsp3) is 0.273. The third-order valence-corrected chi connectivity index (χ3v) is 7.41. The number of thiazole rings is 1. The molecule has 0 fully saturated rings. The molecular weight excluding hydrogens is 493 g/mol. The summed E-state index contributed by atoms with van der Waals surface area (Å²) < 4.78 is 68.5. The Morgan fingerprint density at radius 3 is 2.44 bits per heavy atom. The molecule has 0 aliphatic heterocycles. The molecule has 0 aliphatic carbocycles. The number of ether oxygens (including phenoxy) is 1. The Balaban J connectivity index is 1.68. The molecule has 182 valence electrons. The van der Waals surface area contributed by atoms with Crippen LogP contribution in [0.1, 0.15) is 33.4 Å². The van der Waals surface area contributed by atoms with Gasteiger partial charge in [0.15, 0.2) is 0 Å². The van der Waals surface area contributed by atoms with Crippen LogP contribution >= 0.6 is 11.3 Å². The van der Waals surface area contributed by atoms with Gasteiger partial charge >= 0.3 is 12.3 Å². The van der Waals surface area contributed by atoms with E-state index in [-0.39, 0.29) is 29.2 Å². The van der Waals surface area contributed by atoms with E-state index in [2.05, 4.69) is 14.4 Å². The van der Waals surface area contributed by atoms with E-state index in [1.165, 1.54) is 47.7 Å². The predicted molar refractivity (Wildman–Crippen MR) is 121 cm³/mol. The molecule has 0 saturated carbocycles. The molecule has 0 spiro atoms. The largest absolute Gasteiger partial charge is 0.573 e. The van der Waals surface area contributed by atoms with Crippen LogP contribution in [0.4, 0.5) is 13.2 Å². The molecule has 1 aromatic heterocycles. The van der Waals surface area contributed by atoms with Crippen LogP contribution in [-0.4, -0.2) is 37.4 Å². The van der Waals surface area contributed by atoms with E-state index in [0.717, 1.165) is 10.9 Å². The molecule has 3 rings (SSSR count). The maximum absolute atomic E-state index is 12.6. The summed E-state index contributed by atoms with van der Waals surface area (Å²) >= 11 is 1.33. The number of hydrogen-bond acceptors (Lipinski definition) is 6. The van der Waals surface area contributed by atoms with Crippen LogP contribution in [0, 0.1) is 6.92 Å². The number of sulfonamides is 1. The first-order chi connectivity index (χ1) is 15.9. The third-order valence-electron chi connectivity index (χ3n) is 4.88. The highest BCUT2D eigenvalue weighted by atomic mass is 32.2. The van der Waals surface area contributed by atoms with Gasteiger partial charge in [0.2, 0.25) is 10.0 Å². The quantitative estimate of drug-likeness (QED) is 0.425. The second-order valence-electron chi connectivity index (χ2n) is 7.22. The lowest BCUT2D eigenvalue weighted by Crippen LogP contribution is -2.26. The van der Waals surface area contributed by atoms with E-state index >= 15 is 0 Å². The minimum absolute atomic E-state index is 0.0304. The summed E-state index contributed by atoms with van der Waals surface area (Å²) in [5.41, 5.74) is 1.73. The summed E-state index contributed by atoms with van der Waals surface area (Å²) in [6, 6.07) is 9.32. The molecule has 2 N–H and O–H groups in total. The molecule has 0 aliphatic rings. The molecule has 0 radical (unpaired) electrons. The van der Waals surface area contributed by atoms with Crippen molar-refractivity contribution in [3.63, 3.8) is 0 Å². The molecule has 0 unspecified atom stereocenters. The lowest BCUT2D eigenvalue weighted by Gasteiger charge is -2.09. The minimum Gasteiger partial charge on any atom is -0.478 e. The lowest BCUT2D eigenvalue weighted by atomic mass is 10.1. The monoisotopic (exact) mass is 514 g/mol. The number of alkyl halides is 3. The van der Waals surface area contributed by atoms with Gasteiger partial charge in [0.05, 0.1) is 16.2 Å². The number of hydrogen-bond donors (Lipinski definition) is 2. The standard InChI is InChI=1S/C22H21F3N2O5S2/c1-3-14-6-9-17(12-18(14)21(28)29)34(30,31)26-11-10-19-13(2)33-20(27-19)15-4-7-16(8-5-15)32-22(23,24)25/h4-9,12,26H,3,10-11H2,1-2H3,(H,28,29). The first kappa shape index (κ1) is 25.7. The van der Waals surface area contributed by atoms with Crippen LogP contribution in [-0.2, 0) is 22.9 Å². The van der Waals surface area contributed by atoms with Crippen LogP contribution in [0.25, 0.3) is 10.6 Å². The number of halogens is 3. The summed E-state index contributed by atoms with van der Waals surface area (Å²) in [5.74, 6) is -1.53. The number of aromatic nitrogens is 1. The Morgan fingerprint density at radius 2 is 1.85 bits per heavy atom. The van der Waals surface area contributed by atoms with Crippen molar-refractivity contribution >= 4 is 27.3 Å². The van der Waals surface area contributed by atoms with Gasteiger partial charge in [-0.25, -0.2) is 22.9 Å². The summed E-state index contributed by atoms with van der Waals surface area (Å²) in [4.78, 5) is 16.6. The van der Waals surface area contributed by atoms with Gasteiger partial charge in [0.25, 0.3) is 0 Å². The lowest BCUT2D eigenvalue weighted by molar-refractivity contribution is -0.274. The number of aromatic carboxylic acids is 1. The first-order valence-corrected chi connectivity index (χ1v) is 12.4. The van der Waals surface area contributed by atoms with Crippen LogP contribution in [0.5, 0.6) is 5.75 Å². The highest BCUT2D eigenvalue weighted by Crippen LogP contribution is 2.30. The van der Waals surface area contributed by atoms with Crippen molar-refractivity contribution in [2.45, 2.75) is 37.9 Å². The number of aryl methyl sites for hydroxylation is 2. The average Bonchev–Trinajstić information content (AvgIpc) is 3.13. The number of carboxylic acid groups (broad SMARTS) is 1. The van der Waals surface area contributed by atoms with Crippen LogP contribution in [0.15, 0.2) is 47.4 Å². The van der Waals surface area contributed by atoms with Crippen molar-refractivity contribution in [3.8, 4) is 16.3 Å². The van der Waals surface area contributed by atoms with E-state index in [1.807, 2.05) is 6.92 Å². The first-order valence-electron chi connectivity index (χ1n) is 10.1. The second kappa shape index (κ2) is 10.1. The van der Waals surface area contributed by atoms with Gasteiger partial charge in [0, 0.05) is 23.4 Å². The molecule has 34 heavy (non-hydrogen) atoms. The van der Waals surface area contributed by atoms with Crippen molar-refractivity contribution in [1.82, 2.24) is 9.71 Å². The zero-order valence-corrected chi connectivity index (χ0v) is 19.8. The summed E-state index contributed by atoms with van der Waals surface area (Å²) in [6.07, 6.45) is -4.04. The highest BCUT2D eigenvalue weighted by molar-refractivity contribution is 7.89. The third kappa shape index (κ3) is 6.33. The molecule has 2 aromatic carbocycles. The molecule has 0 saturated heterocycles. The Morgan fingerprint density at radius 1 is 1.18 bits per heavy atom. The number of rotatable bonds is 9. The highest BCUT2D eigenvalue weighted by Gasteiger charge is 2.31. The van der Waals surface area contributed by atoms with Gasteiger partial charge in [-0.3, -0.25) is 0 Å². The predicted octanol–water partition coefficient (Wildman–Crippen LogP) is 4.80. The summed E-state index contributed by atoms with van der Waals surface area (Å²) in [7, 11) is -3.93. The molecule has 7 nitrogen and oxygen atoms in total. The Kier molecular flexibility index (Phi) is 7.64. The maximum atomic E-state index is 12.6. The number of carbonyl (C=O) groups is 1. The molecule has 0 amide bonds. The Labute approximate surface area is 198 Å². The smallest absolute Gasteiger partial charge is 0.478 e. The second-order valence-corrected chi connectivity index (χ2v) is 10.2. The van der Waals surface area contributed by atoms with Crippen LogP contribution in [0.3, 0.4) is 0 Å². The van der Waals surface area contributed by atoms with Gasteiger partial charge in [-0.05, 0) is 55.3 Å². The SMILES string of the molecule is CCc1ccc(S(=O)(=O)NCCc2nc(-c3ccc(OC(F)(F)F)cc3)sc2C)cc1C(=O)O. The fourth-order valence-corrected chi connectivity index (χ4v) is 5.22. The van der Waals surface area contributed by atoms with Crippen molar-refractivity contribution in [2.75, 3.05) is 6.54 Å². The fourth-order valence-electron chi connectivity index (χ4n) is 3.20. The zero-order chi connectivity index (χ0) is 25.1. The Bertz CT molecular complexity index is 1290. The topological polar surface area (TPSA) is 106 Å². The maximum Gasteiger partial charge on any atom is 0.573 e. The Hall–Kier alpha value is -2.96. The van der Waals surface area contributed by atoms with E-state index in [0.29, 0.717) is 28.2 Å². The summed E-state index contributed by atoms with van der Waals surface area (Å²) in [5, 5.41) is 9.90. The van der Waals surface area contributed by atoms with E-state index in [4.69, 9.17) is 0 Å². The van der Waals surface area contributed by atoms with Gasteiger partial charge in [-0.2, -0.15) is 0 Å². The number of benzene rings is 2. The normalized spacial score (nSPS) is 12.0. The van der Waals surface area contributed by atoms with Gasteiger partial charge < -0.3 is 9.84 Å². The zero-order valence-electron chi connectivity index (χ0n) is 18.1. The van der Waals surface area contributed by atoms with E-state index < -0.39 is 22.4 Å². The molecule has 0 bridgehead atoms. The van der Waals surface area contributed by atoms with Crippen molar-refractivity contribution < 1.29 is 36.2 Å². The van der Waals surface area contributed by atoms with Crippen molar-refractivity contribution in [1.29, 1.82) is 0 Å². The number of nitrogens with zero attached hydrogens (tertiary/aromatic N) is 1. The van der Waals surface area contributed by atoms with Gasteiger partial charge in [-0.15, -0.1) is 24.5 Å². The van der Waals surface area contributed by atoms with Gasteiger partial charge in [-0.1, -0.05) is 13.0 Å². The number of carboxylic acids is 1.